The van der Waals surface area contributed by atoms with Crippen LogP contribution in [0, 0.1) is 24.7 Å². The van der Waals surface area contributed by atoms with Crippen LogP contribution >= 0.6 is 0 Å². The number of nitrogens with zero attached hydrogens (tertiary/aromatic N) is 2. The average Bonchev–Trinajstić information content (AvgIpc) is 2.39. The molecular weight excluding hydrogens is 229 g/mol. The molecule has 4 heteroatoms. The molecule has 2 rings (SSSR count). The first kappa shape index (κ1) is 11.6. The number of pyridine rings is 1. The highest BCUT2D eigenvalue weighted by molar-refractivity contribution is 5.77. The first-order valence-electron chi connectivity index (χ1n) is 5.06. The number of rotatable bonds is 1. The minimum absolute atomic E-state index is 0.0501. The zero-order valence-corrected chi connectivity index (χ0v) is 9.31. The smallest absolute Gasteiger partial charge is 0.222 e. The molecule has 0 saturated heterocycles. The van der Waals surface area contributed by atoms with Crippen LogP contribution in [0.3, 0.4) is 0 Å². The van der Waals surface area contributed by atoms with Gasteiger partial charge in [-0.1, -0.05) is 12.0 Å². The second-order valence-electron chi connectivity index (χ2n) is 3.54. The molecule has 0 spiro atoms. The molecule has 3 nitrogen and oxygen atoms in total. The van der Waals surface area contributed by atoms with E-state index in [9.17, 15) is 4.39 Å². The van der Waals surface area contributed by atoms with Crippen molar-refractivity contribution in [3.63, 3.8) is 0 Å². The van der Waals surface area contributed by atoms with Crippen molar-refractivity contribution in [3.05, 3.63) is 53.3 Å². The van der Waals surface area contributed by atoms with Crippen molar-refractivity contribution >= 4 is 11.5 Å². The first-order valence-corrected chi connectivity index (χ1v) is 5.06. The molecule has 0 aliphatic carbocycles. The Morgan fingerprint density at radius 1 is 1.39 bits per heavy atom. The van der Waals surface area contributed by atoms with Crippen LogP contribution in [0.25, 0.3) is 16.0 Å². The fourth-order valence-electron chi connectivity index (χ4n) is 1.64. The molecule has 1 aromatic heterocycles. The highest BCUT2D eigenvalue weighted by atomic mass is 19.1. The third-order valence-electron chi connectivity index (χ3n) is 2.50. The van der Waals surface area contributed by atoms with Crippen LogP contribution in [-0.4, -0.2) is 4.98 Å². The zero-order valence-electron chi connectivity index (χ0n) is 9.31. The summed E-state index contributed by atoms with van der Waals surface area (Å²) in [6, 6.07) is 5.92. The average molecular weight is 237 g/mol. The largest absolute Gasteiger partial charge is 0.383 e. The van der Waals surface area contributed by atoms with Crippen molar-refractivity contribution in [2.24, 2.45) is 0 Å². The van der Waals surface area contributed by atoms with Gasteiger partial charge in [0.15, 0.2) is 0 Å². The molecule has 1 heterocycles. The zero-order chi connectivity index (χ0) is 13.1. The number of aromatic nitrogens is 1. The standard InChI is InChI=1S/C14H8FN3/c1-3-10-11(6-7-18-14(10)16)9-4-5-12(15)13(8-9)17-2/h1,4-8H,(H2,16,18). The maximum Gasteiger partial charge on any atom is 0.222 e. The van der Waals surface area contributed by atoms with Gasteiger partial charge in [0.25, 0.3) is 0 Å². The topological polar surface area (TPSA) is 43.3 Å². The molecule has 0 fully saturated rings. The second-order valence-corrected chi connectivity index (χ2v) is 3.54. The highest BCUT2D eigenvalue weighted by Crippen LogP contribution is 2.30. The van der Waals surface area contributed by atoms with Gasteiger partial charge in [0.1, 0.15) is 11.6 Å². The van der Waals surface area contributed by atoms with Crippen LogP contribution < -0.4 is 5.73 Å². The quantitative estimate of drug-likeness (QED) is 0.612. The lowest BCUT2D eigenvalue weighted by atomic mass is 10.0. The van der Waals surface area contributed by atoms with Gasteiger partial charge in [-0.15, -0.1) is 6.42 Å². The summed E-state index contributed by atoms with van der Waals surface area (Å²) >= 11 is 0. The third kappa shape index (κ3) is 1.88. The summed E-state index contributed by atoms with van der Waals surface area (Å²) in [4.78, 5) is 7.01. The molecule has 0 unspecified atom stereocenters. The van der Waals surface area contributed by atoms with Crippen molar-refractivity contribution < 1.29 is 4.39 Å². The lowest BCUT2D eigenvalue weighted by Gasteiger charge is -2.07. The van der Waals surface area contributed by atoms with E-state index in [-0.39, 0.29) is 11.5 Å². The fraction of sp³-hybridized carbons (Fsp3) is 0. The van der Waals surface area contributed by atoms with E-state index in [1.54, 1.807) is 12.1 Å². The number of benzene rings is 1. The van der Waals surface area contributed by atoms with Crippen LogP contribution in [0.15, 0.2) is 30.5 Å². The molecule has 0 aliphatic rings. The Morgan fingerprint density at radius 2 is 2.17 bits per heavy atom. The van der Waals surface area contributed by atoms with Gasteiger partial charge < -0.3 is 5.73 Å². The van der Waals surface area contributed by atoms with Crippen molar-refractivity contribution in [3.8, 4) is 23.5 Å². The maximum atomic E-state index is 13.3. The van der Waals surface area contributed by atoms with Crippen molar-refractivity contribution in [1.82, 2.24) is 4.98 Å². The van der Waals surface area contributed by atoms with Gasteiger partial charge in [-0.2, -0.15) is 0 Å². The van der Waals surface area contributed by atoms with Crippen LogP contribution in [0.4, 0.5) is 15.9 Å². The van der Waals surface area contributed by atoms with Gasteiger partial charge in [0, 0.05) is 11.8 Å². The SMILES string of the molecule is [C-]#[N+]c1cc(-c2ccnc(N)c2C#C)ccc1F. The Morgan fingerprint density at radius 3 is 2.83 bits per heavy atom. The fourth-order valence-corrected chi connectivity index (χ4v) is 1.64. The Balaban J connectivity index is 2.68. The van der Waals surface area contributed by atoms with Gasteiger partial charge in [-0.05, 0) is 23.8 Å². The molecule has 1 aromatic carbocycles. The van der Waals surface area contributed by atoms with Crippen LogP contribution in [0.2, 0.25) is 0 Å². The van der Waals surface area contributed by atoms with Gasteiger partial charge in [0.05, 0.1) is 12.1 Å². The minimum Gasteiger partial charge on any atom is -0.383 e. The summed E-state index contributed by atoms with van der Waals surface area (Å²) in [6.45, 7) is 6.89. The lowest BCUT2D eigenvalue weighted by Crippen LogP contribution is -1.96. The van der Waals surface area contributed by atoms with Gasteiger partial charge in [-0.25, -0.2) is 14.2 Å². The summed E-state index contributed by atoms with van der Waals surface area (Å²) < 4.78 is 13.3. The van der Waals surface area contributed by atoms with Gasteiger partial charge in [0.2, 0.25) is 5.69 Å². The monoisotopic (exact) mass is 237 g/mol. The highest BCUT2D eigenvalue weighted by Gasteiger charge is 2.10. The third-order valence-corrected chi connectivity index (χ3v) is 2.50. The number of nitrogens with two attached hydrogens (primary N) is 1. The Kier molecular flexibility index (Phi) is 2.95. The molecule has 0 amide bonds. The Bertz CT molecular complexity index is 693. The van der Waals surface area contributed by atoms with Crippen molar-refractivity contribution in [2.45, 2.75) is 0 Å². The molecule has 2 N–H and O–H groups in total. The van der Waals surface area contributed by atoms with Gasteiger partial charge >= 0.3 is 0 Å². The van der Waals surface area contributed by atoms with E-state index in [0.717, 1.165) is 0 Å². The second kappa shape index (κ2) is 4.57. The molecular formula is C14H8FN3. The normalized spacial score (nSPS) is 9.50. The van der Waals surface area contributed by atoms with E-state index in [2.05, 4.69) is 15.7 Å². The lowest BCUT2D eigenvalue weighted by molar-refractivity contribution is 0.634. The van der Waals surface area contributed by atoms with E-state index in [4.69, 9.17) is 18.7 Å². The number of terminal acetylenes is 1. The van der Waals surface area contributed by atoms with E-state index in [0.29, 0.717) is 16.7 Å². The molecule has 86 valence electrons. The van der Waals surface area contributed by atoms with Crippen molar-refractivity contribution in [2.75, 3.05) is 5.73 Å². The predicted molar refractivity (Wildman–Crippen MR) is 68.2 cm³/mol. The summed E-state index contributed by atoms with van der Waals surface area (Å²) in [5.74, 6) is 2.14. The van der Waals surface area contributed by atoms with Gasteiger partial charge in [-0.3, -0.25) is 0 Å². The van der Waals surface area contributed by atoms with Crippen LogP contribution in [0.1, 0.15) is 5.56 Å². The number of hydrogen-bond acceptors (Lipinski definition) is 2. The summed E-state index contributed by atoms with van der Waals surface area (Å²) in [6.07, 6.45) is 6.90. The molecule has 0 aliphatic heterocycles. The van der Waals surface area contributed by atoms with E-state index >= 15 is 0 Å². The number of hydrogen-bond donors (Lipinski definition) is 1. The van der Waals surface area contributed by atoms with E-state index in [1.807, 2.05) is 0 Å². The van der Waals surface area contributed by atoms with Crippen LogP contribution in [-0.2, 0) is 0 Å². The summed E-state index contributed by atoms with van der Waals surface area (Å²) in [7, 11) is 0. The summed E-state index contributed by atoms with van der Waals surface area (Å²) in [5, 5.41) is 0. The van der Waals surface area contributed by atoms with Crippen LogP contribution in [0.5, 0.6) is 0 Å². The number of nitrogen functional groups attached to an aromatic ring is 1. The maximum absolute atomic E-state index is 13.3. The van der Waals surface area contributed by atoms with E-state index < -0.39 is 5.82 Å². The molecule has 0 bridgehead atoms. The molecule has 0 atom stereocenters. The molecule has 0 radical (unpaired) electrons. The number of anilines is 1. The van der Waals surface area contributed by atoms with E-state index in [1.165, 1.54) is 18.3 Å². The predicted octanol–water partition coefficient (Wildman–Crippen LogP) is 3.00. The summed E-state index contributed by atoms with van der Waals surface area (Å²) in [5.41, 5.74) is 7.38. The molecule has 18 heavy (non-hydrogen) atoms. The molecule has 0 saturated carbocycles. The minimum atomic E-state index is -0.557. The van der Waals surface area contributed by atoms with Crippen molar-refractivity contribution in [1.29, 1.82) is 0 Å². The Labute approximate surface area is 104 Å². The Hall–Kier alpha value is -2.85. The first-order chi connectivity index (χ1) is 8.67. The molecule has 2 aromatic rings. The number of halogens is 1.